The van der Waals surface area contributed by atoms with Gasteiger partial charge in [0, 0.05) is 19.2 Å². The summed E-state index contributed by atoms with van der Waals surface area (Å²) in [7, 11) is 0.805. The lowest BCUT2D eigenvalue weighted by Gasteiger charge is -2.15. The van der Waals surface area contributed by atoms with Gasteiger partial charge < -0.3 is 4.74 Å². The summed E-state index contributed by atoms with van der Waals surface area (Å²) >= 11 is 16.7. The topological polar surface area (TPSA) is 53.2 Å². The van der Waals surface area contributed by atoms with E-state index in [4.69, 9.17) is 39.5 Å². The highest BCUT2D eigenvalue weighted by Gasteiger charge is 2.35. The molecule has 0 atom stereocenters. The number of nitrogens with zero attached hydrogens (tertiary/aromatic N) is 2. The molecule has 0 saturated heterocycles. The van der Waals surface area contributed by atoms with Crippen molar-refractivity contribution in [3.05, 3.63) is 66.1 Å². The van der Waals surface area contributed by atoms with Crippen molar-refractivity contribution >= 4 is 34.8 Å². The van der Waals surface area contributed by atoms with Crippen LogP contribution in [-0.2, 0) is 13.2 Å². The molecule has 1 aromatic heterocycles. The van der Waals surface area contributed by atoms with Crippen molar-refractivity contribution in [1.29, 1.82) is 0 Å². The summed E-state index contributed by atoms with van der Waals surface area (Å²) in [5.41, 5.74) is -4.87. The molecule has 1 aromatic carbocycles. The zero-order chi connectivity index (χ0) is 20.5. The second-order valence-corrected chi connectivity index (χ2v) is 6.50. The average molecular weight is 448 g/mol. The van der Waals surface area contributed by atoms with Crippen molar-refractivity contribution in [2.45, 2.75) is 6.18 Å². The van der Waals surface area contributed by atoms with Gasteiger partial charge in [0.05, 0.1) is 10.7 Å². The third-order valence-corrected chi connectivity index (χ3v) is 3.93. The van der Waals surface area contributed by atoms with E-state index in [-0.39, 0.29) is 37.1 Å². The molecule has 1 heterocycles. The maximum atomic E-state index is 14.3. The van der Waals surface area contributed by atoms with Crippen LogP contribution in [0, 0.1) is 5.82 Å². The summed E-state index contributed by atoms with van der Waals surface area (Å²) in [5, 5.41) is -0.202. The molecule has 0 radical (unpaired) electrons. The molecule has 27 heavy (non-hydrogen) atoms. The van der Waals surface area contributed by atoms with Crippen molar-refractivity contribution in [2.75, 3.05) is 6.61 Å². The molecule has 0 bridgehead atoms. The van der Waals surface area contributed by atoms with Crippen LogP contribution in [0.4, 0.5) is 17.6 Å². The maximum Gasteiger partial charge on any atom is 0.431 e. The Labute approximate surface area is 163 Å². The van der Waals surface area contributed by atoms with Gasteiger partial charge in [-0.25, -0.2) is 13.8 Å². The number of benzene rings is 1. The van der Waals surface area contributed by atoms with Crippen molar-refractivity contribution in [1.82, 2.24) is 9.13 Å². The summed E-state index contributed by atoms with van der Waals surface area (Å²) in [6.07, 6.45) is -3.70. The Morgan fingerprint density at radius 1 is 1.22 bits per heavy atom. The second kappa shape index (κ2) is 7.95. The molecule has 0 spiro atoms. The number of ether oxygens (including phenoxy) is 1. The largest absolute Gasteiger partial charge is 0.488 e. The minimum Gasteiger partial charge on any atom is -0.488 e. The molecule has 0 aliphatic carbocycles. The van der Waals surface area contributed by atoms with Gasteiger partial charge in [-0.3, -0.25) is 9.36 Å². The number of rotatable bonds is 4. The minimum atomic E-state index is -4.94. The van der Waals surface area contributed by atoms with Gasteiger partial charge >= 0.3 is 11.9 Å². The first-order chi connectivity index (χ1) is 12.4. The Kier molecular flexibility index (Phi) is 6.28. The molecule has 0 N–H and O–H groups in total. The lowest BCUT2D eigenvalue weighted by molar-refractivity contribution is -0.144. The minimum absolute atomic E-state index is 0.110. The molecule has 0 aliphatic rings. The number of hydrogen-bond acceptors (Lipinski definition) is 3. The predicted molar refractivity (Wildman–Crippen MR) is 92.5 cm³/mol. The van der Waals surface area contributed by atoms with Crippen molar-refractivity contribution in [3.8, 4) is 11.4 Å². The van der Waals surface area contributed by atoms with Crippen LogP contribution in [0.25, 0.3) is 5.69 Å². The maximum absolute atomic E-state index is 14.3. The number of halogens is 7. The standard InChI is InChI=1S/C15H9Cl3F4N2O3/c1-23-11(15(20,21)22)6-13(25)24(14(23)26)9-5-10(7(16)4-8(9)19)27-3-2-12(17)18/h2,4-6H,3H2,1H3. The summed E-state index contributed by atoms with van der Waals surface area (Å²) in [5.74, 6) is -1.26. The van der Waals surface area contributed by atoms with Crippen molar-refractivity contribution < 1.29 is 22.3 Å². The number of hydrogen-bond donors (Lipinski definition) is 0. The Hall–Kier alpha value is -1.97. The molecule has 0 amide bonds. The van der Waals surface area contributed by atoms with Crippen LogP contribution < -0.4 is 16.0 Å². The highest BCUT2D eigenvalue weighted by Crippen LogP contribution is 2.30. The Morgan fingerprint density at radius 3 is 2.41 bits per heavy atom. The predicted octanol–water partition coefficient (Wildman–Crippen LogP) is 4.05. The van der Waals surface area contributed by atoms with Crippen LogP contribution in [0.1, 0.15) is 5.69 Å². The van der Waals surface area contributed by atoms with Crippen LogP contribution in [0.5, 0.6) is 5.75 Å². The highest BCUT2D eigenvalue weighted by molar-refractivity contribution is 6.55. The van der Waals surface area contributed by atoms with E-state index in [0.29, 0.717) is 0 Å². The molecule has 0 unspecified atom stereocenters. The molecule has 146 valence electrons. The second-order valence-electron chi connectivity index (χ2n) is 5.08. The van der Waals surface area contributed by atoms with Gasteiger partial charge in [-0.1, -0.05) is 34.8 Å². The molecule has 5 nitrogen and oxygen atoms in total. The van der Waals surface area contributed by atoms with Gasteiger partial charge in [0.15, 0.2) is 0 Å². The van der Waals surface area contributed by atoms with E-state index in [1.165, 1.54) is 6.08 Å². The fourth-order valence-electron chi connectivity index (χ4n) is 2.11. The van der Waals surface area contributed by atoms with Gasteiger partial charge in [-0.05, 0) is 12.1 Å². The highest BCUT2D eigenvalue weighted by atomic mass is 35.5. The molecule has 2 aromatic rings. The fraction of sp³-hybridized carbons (Fsp3) is 0.200. The van der Waals surface area contributed by atoms with Gasteiger partial charge in [0.25, 0.3) is 5.56 Å². The number of aromatic nitrogens is 2. The van der Waals surface area contributed by atoms with E-state index in [0.717, 1.165) is 19.2 Å². The summed E-state index contributed by atoms with van der Waals surface area (Å²) in [4.78, 5) is 24.3. The van der Waals surface area contributed by atoms with Crippen LogP contribution in [0.2, 0.25) is 5.02 Å². The zero-order valence-corrected chi connectivity index (χ0v) is 15.5. The first kappa shape index (κ1) is 21.3. The molecule has 12 heteroatoms. The third-order valence-electron chi connectivity index (χ3n) is 3.33. The Balaban J connectivity index is 2.65. The molecule has 0 aliphatic heterocycles. The monoisotopic (exact) mass is 446 g/mol. The van der Waals surface area contributed by atoms with Gasteiger partial charge in [-0.15, -0.1) is 0 Å². The van der Waals surface area contributed by atoms with Gasteiger partial charge in [-0.2, -0.15) is 13.2 Å². The van der Waals surface area contributed by atoms with Crippen LogP contribution >= 0.6 is 34.8 Å². The van der Waals surface area contributed by atoms with Crippen molar-refractivity contribution in [2.24, 2.45) is 7.05 Å². The van der Waals surface area contributed by atoms with Crippen LogP contribution in [0.3, 0.4) is 0 Å². The molecule has 2 rings (SSSR count). The quantitative estimate of drug-likeness (QED) is 0.665. The van der Waals surface area contributed by atoms with E-state index in [1.807, 2.05) is 0 Å². The molecular formula is C15H9Cl3F4N2O3. The lowest BCUT2D eigenvalue weighted by atomic mass is 10.2. The smallest absolute Gasteiger partial charge is 0.431 e. The lowest BCUT2D eigenvalue weighted by Crippen LogP contribution is -2.41. The summed E-state index contributed by atoms with van der Waals surface area (Å²) in [6, 6.07) is 1.84. The molecule has 0 fully saturated rings. The Bertz CT molecular complexity index is 1020. The third kappa shape index (κ3) is 4.66. The Morgan fingerprint density at radius 2 is 1.85 bits per heavy atom. The van der Waals surface area contributed by atoms with Crippen molar-refractivity contribution in [3.63, 3.8) is 0 Å². The number of alkyl halides is 3. The van der Waals surface area contributed by atoms with Gasteiger partial charge in [0.1, 0.15) is 28.4 Å². The van der Waals surface area contributed by atoms with E-state index < -0.39 is 34.6 Å². The molecular weight excluding hydrogens is 439 g/mol. The first-order valence-electron chi connectivity index (χ1n) is 6.97. The van der Waals surface area contributed by atoms with E-state index >= 15 is 0 Å². The zero-order valence-electron chi connectivity index (χ0n) is 13.3. The fourth-order valence-corrected chi connectivity index (χ4v) is 2.45. The SMILES string of the molecule is Cn1c(C(F)(F)F)cc(=O)n(-c2cc(OCC=C(Cl)Cl)c(Cl)cc2F)c1=O. The van der Waals surface area contributed by atoms with E-state index in [2.05, 4.69) is 0 Å². The van der Waals surface area contributed by atoms with Crippen LogP contribution in [0.15, 0.2) is 38.4 Å². The normalized spacial score (nSPS) is 11.4. The van der Waals surface area contributed by atoms with E-state index in [1.54, 1.807) is 0 Å². The molecule has 0 saturated carbocycles. The van der Waals surface area contributed by atoms with E-state index in [9.17, 15) is 27.2 Å². The summed E-state index contributed by atoms with van der Waals surface area (Å²) < 4.78 is 58.5. The average Bonchev–Trinajstić information content (AvgIpc) is 2.53. The first-order valence-corrected chi connectivity index (χ1v) is 8.10. The van der Waals surface area contributed by atoms with Crippen LogP contribution in [-0.4, -0.2) is 15.7 Å². The summed E-state index contributed by atoms with van der Waals surface area (Å²) in [6.45, 7) is -0.174. The van der Waals surface area contributed by atoms with Gasteiger partial charge in [0.2, 0.25) is 0 Å².